The Morgan fingerprint density at radius 1 is 0.593 bits per heavy atom. The van der Waals surface area contributed by atoms with Crippen LogP contribution in [0.25, 0.3) is 0 Å². The van der Waals surface area contributed by atoms with Crippen molar-refractivity contribution in [1.29, 1.82) is 0 Å². The van der Waals surface area contributed by atoms with Gasteiger partial charge in [-0.2, -0.15) is 0 Å². The molecule has 10 nitrogen and oxygen atoms in total. The first-order valence-electron chi connectivity index (χ1n) is 18.2. The largest absolute Gasteiger partial charge is 0.458 e. The fourth-order valence-electron chi connectivity index (χ4n) is 9.03. The van der Waals surface area contributed by atoms with Gasteiger partial charge in [0.15, 0.2) is 11.2 Å². The van der Waals surface area contributed by atoms with Gasteiger partial charge in [0.1, 0.15) is 30.0 Å². The number of rotatable bonds is 9. The molecule has 10 heteroatoms. The Kier molecular flexibility index (Phi) is 9.74. The van der Waals surface area contributed by atoms with Crippen LogP contribution in [0.1, 0.15) is 82.0 Å². The van der Waals surface area contributed by atoms with E-state index in [4.69, 9.17) is 23.7 Å². The number of fused-ring (bicyclic) bond motifs is 1. The van der Waals surface area contributed by atoms with E-state index in [-0.39, 0.29) is 35.1 Å². The van der Waals surface area contributed by atoms with Crippen molar-refractivity contribution in [2.75, 3.05) is 0 Å². The minimum absolute atomic E-state index is 0.0298. The van der Waals surface area contributed by atoms with Crippen molar-refractivity contribution in [3.8, 4) is 0 Å². The van der Waals surface area contributed by atoms with Crippen LogP contribution in [0.15, 0.2) is 121 Å². The molecule has 3 fully saturated rings. The molecule has 0 N–H and O–H groups in total. The summed E-state index contributed by atoms with van der Waals surface area (Å²) in [5.74, 6) is -6.12. The van der Waals surface area contributed by atoms with Gasteiger partial charge in [-0.3, -0.25) is 4.79 Å². The van der Waals surface area contributed by atoms with Gasteiger partial charge in [0.05, 0.1) is 27.9 Å². The summed E-state index contributed by atoms with van der Waals surface area (Å²) in [5.41, 5.74) is -4.07. The quantitative estimate of drug-likeness (QED) is 0.130. The molecule has 2 aliphatic carbocycles. The first kappa shape index (κ1) is 36.7. The Bertz CT molecular complexity index is 2030. The lowest BCUT2D eigenvalue weighted by Crippen LogP contribution is -2.81. The highest BCUT2D eigenvalue weighted by Crippen LogP contribution is 2.67. The molecule has 8 atom stereocenters. The summed E-state index contributed by atoms with van der Waals surface area (Å²) < 4.78 is 33.0. The Labute approximate surface area is 313 Å². The van der Waals surface area contributed by atoms with Crippen LogP contribution in [0.3, 0.4) is 0 Å². The molecular weight excluding hydrogens is 688 g/mol. The summed E-state index contributed by atoms with van der Waals surface area (Å²) in [6.45, 7) is 6.84. The van der Waals surface area contributed by atoms with Crippen LogP contribution in [0.4, 0.5) is 0 Å². The van der Waals surface area contributed by atoms with Crippen LogP contribution in [0.5, 0.6) is 0 Å². The molecule has 278 valence electrons. The van der Waals surface area contributed by atoms with E-state index >= 15 is 0 Å². The predicted octanol–water partition coefficient (Wildman–Crippen LogP) is 7.07. The van der Waals surface area contributed by atoms with E-state index in [0.29, 0.717) is 0 Å². The van der Waals surface area contributed by atoms with Crippen molar-refractivity contribution in [3.05, 3.63) is 144 Å². The third-order valence-corrected chi connectivity index (χ3v) is 11.3. The highest BCUT2D eigenvalue weighted by Gasteiger charge is 2.84. The third kappa shape index (κ3) is 6.18. The number of benzene rings is 4. The van der Waals surface area contributed by atoms with Crippen molar-refractivity contribution in [3.63, 3.8) is 0 Å². The Morgan fingerprint density at radius 3 is 1.48 bits per heavy atom. The molecule has 4 aromatic carbocycles. The van der Waals surface area contributed by atoms with Gasteiger partial charge in [0.2, 0.25) is 0 Å². The van der Waals surface area contributed by atoms with Gasteiger partial charge in [-0.1, -0.05) is 79.7 Å². The van der Waals surface area contributed by atoms with E-state index in [1.807, 2.05) is 20.8 Å². The summed E-state index contributed by atoms with van der Waals surface area (Å²) in [5, 5.41) is 0. The molecule has 1 spiro atoms. The van der Waals surface area contributed by atoms with E-state index in [9.17, 15) is 24.0 Å². The number of hydrogen-bond donors (Lipinski definition) is 0. The first-order chi connectivity index (χ1) is 25.9. The lowest BCUT2D eigenvalue weighted by Gasteiger charge is -2.62. The van der Waals surface area contributed by atoms with Crippen LogP contribution in [-0.2, 0) is 28.5 Å². The van der Waals surface area contributed by atoms with Gasteiger partial charge in [-0.25, -0.2) is 19.2 Å². The number of ketones is 1. The normalized spacial score (nSPS) is 29.2. The summed E-state index contributed by atoms with van der Waals surface area (Å²) in [7, 11) is 0. The molecule has 0 aromatic heterocycles. The van der Waals surface area contributed by atoms with Crippen molar-refractivity contribution in [2.45, 2.75) is 75.7 Å². The molecule has 2 saturated carbocycles. The number of ether oxygens (including phenoxy) is 5. The minimum Gasteiger partial charge on any atom is -0.458 e. The van der Waals surface area contributed by atoms with E-state index in [0.717, 1.165) is 0 Å². The second kappa shape index (κ2) is 14.3. The molecular formula is C44H42O10. The Balaban J connectivity index is 1.45. The van der Waals surface area contributed by atoms with Crippen LogP contribution in [0.2, 0.25) is 0 Å². The van der Waals surface area contributed by atoms with E-state index in [1.165, 1.54) is 6.92 Å². The number of hydrogen-bond acceptors (Lipinski definition) is 10. The maximum atomic E-state index is 14.5. The highest BCUT2D eigenvalue weighted by atomic mass is 16.7. The van der Waals surface area contributed by atoms with Crippen LogP contribution < -0.4 is 0 Å². The molecule has 4 aromatic rings. The zero-order valence-corrected chi connectivity index (χ0v) is 30.5. The highest BCUT2D eigenvalue weighted by molar-refractivity contribution is 5.93. The second-order valence-electron chi connectivity index (χ2n) is 14.9. The average Bonchev–Trinajstić information content (AvgIpc) is 3.35. The molecule has 2 bridgehead atoms. The smallest absolute Gasteiger partial charge is 0.338 e. The molecule has 7 rings (SSSR count). The Hall–Kier alpha value is -5.61. The molecule has 1 aliphatic heterocycles. The van der Waals surface area contributed by atoms with Gasteiger partial charge in [0, 0.05) is 5.92 Å². The first-order valence-corrected chi connectivity index (χ1v) is 18.2. The summed E-state index contributed by atoms with van der Waals surface area (Å²) in [6, 6.07) is 33.4. The summed E-state index contributed by atoms with van der Waals surface area (Å²) >= 11 is 0. The van der Waals surface area contributed by atoms with Crippen LogP contribution >= 0.6 is 0 Å². The summed E-state index contributed by atoms with van der Waals surface area (Å²) in [6.07, 6.45) is -3.57. The lowest BCUT2D eigenvalue weighted by atomic mass is 9.50. The fourth-order valence-corrected chi connectivity index (χ4v) is 9.03. The van der Waals surface area contributed by atoms with Gasteiger partial charge in [0.25, 0.3) is 0 Å². The standard InChI is InChI=1S/C44H42O10/c1-27-25-34(50-38(46)29-17-9-5-10-18-29)36(28(2)45)44(53-41(49)32-23-15-8-16-24-32)35(51-39(47)30-19-11-6-12-20-30)26-33-37(43(27,44)54-42(33,3)4)52-40(48)31-21-13-7-14-22-31/h5-24,27,33-37H,25-26H2,1-4H3/t27-,33-,34+,35+,36+,37+,43-,44+/m1/s1. The average molecular weight is 731 g/mol. The van der Waals surface area contributed by atoms with Gasteiger partial charge < -0.3 is 23.7 Å². The maximum absolute atomic E-state index is 14.5. The van der Waals surface area contributed by atoms with Gasteiger partial charge in [-0.05, 0) is 88.1 Å². The third-order valence-electron chi connectivity index (χ3n) is 11.3. The summed E-state index contributed by atoms with van der Waals surface area (Å²) in [4.78, 5) is 70.7. The molecule has 1 heterocycles. The number of esters is 4. The number of Topliss-reactive ketones (excluding diaryl/α,β-unsaturated/α-hetero) is 1. The van der Waals surface area contributed by atoms with Crippen molar-refractivity contribution >= 4 is 29.7 Å². The minimum atomic E-state index is -2.18. The molecule has 0 unspecified atom stereocenters. The monoisotopic (exact) mass is 730 g/mol. The van der Waals surface area contributed by atoms with E-state index in [2.05, 4.69) is 0 Å². The van der Waals surface area contributed by atoms with Crippen molar-refractivity contribution in [2.24, 2.45) is 17.8 Å². The van der Waals surface area contributed by atoms with E-state index < -0.39 is 82.5 Å². The zero-order chi connectivity index (χ0) is 38.3. The van der Waals surface area contributed by atoms with E-state index in [1.54, 1.807) is 121 Å². The van der Waals surface area contributed by atoms with Crippen molar-refractivity contribution < 1.29 is 47.7 Å². The molecule has 54 heavy (non-hydrogen) atoms. The molecule has 3 aliphatic rings. The van der Waals surface area contributed by atoms with Crippen molar-refractivity contribution in [1.82, 2.24) is 0 Å². The molecule has 0 amide bonds. The maximum Gasteiger partial charge on any atom is 0.338 e. The Morgan fingerprint density at radius 2 is 1.02 bits per heavy atom. The fraction of sp³-hybridized carbons (Fsp3) is 0.341. The van der Waals surface area contributed by atoms with Crippen LogP contribution in [-0.4, -0.2) is 64.8 Å². The number of carbonyl (C=O) groups excluding carboxylic acids is 5. The SMILES string of the molecule is CC(=O)[C@H]1[C@@H](OC(=O)c2ccccc2)C[C@@H](C)[C@]23OC(C)(C)[C@H](C[C@H](OC(=O)c4ccccc4)[C@]12OC(=O)c1ccccc1)[C@@H]3OC(=O)c1ccccc1. The lowest BCUT2D eigenvalue weighted by molar-refractivity contribution is -0.312. The molecule has 1 saturated heterocycles. The molecule has 0 radical (unpaired) electrons. The topological polar surface area (TPSA) is 132 Å². The second-order valence-corrected chi connectivity index (χ2v) is 14.9. The van der Waals surface area contributed by atoms with Gasteiger partial charge >= 0.3 is 23.9 Å². The predicted molar refractivity (Wildman–Crippen MR) is 195 cm³/mol. The van der Waals surface area contributed by atoms with Gasteiger partial charge in [-0.15, -0.1) is 0 Å². The zero-order valence-electron chi connectivity index (χ0n) is 30.5. The number of carbonyl (C=O) groups is 5. The van der Waals surface area contributed by atoms with Crippen LogP contribution in [0, 0.1) is 17.8 Å².